The van der Waals surface area contributed by atoms with Crippen LogP contribution in [0.1, 0.15) is 29.7 Å². The molecule has 98 valence electrons. The molecule has 1 aliphatic rings. The summed E-state index contributed by atoms with van der Waals surface area (Å²) in [6.07, 6.45) is 3.48. The zero-order chi connectivity index (χ0) is 13.3. The number of nitrogens with one attached hydrogen (secondary N) is 1. The molecule has 0 aliphatic heterocycles. The molecule has 3 heteroatoms. The first kappa shape index (κ1) is 12.0. The lowest BCUT2D eigenvalue weighted by Gasteiger charge is -2.15. The number of furan rings is 1. The summed E-state index contributed by atoms with van der Waals surface area (Å²) in [5, 5.41) is 2.97. The third-order valence-electron chi connectivity index (χ3n) is 3.79. The Balaban J connectivity index is 1.70. The van der Waals surface area contributed by atoms with Crippen LogP contribution in [0.25, 0.3) is 0 Å². The standard InChI is InChI=1S/C16H17NO2/c1-12-4-6-13(7-5-12)16(8-9-16)15(18)17-11-14-3-2-10-19-14/h2-7,10H,8-9,11H2,1H3,(H,17,18). The molecule has 1 heterocycles. The van der Waals surface area contributed by atoms with Gasteiger partial charge in [-0.15, -0.1) is 0 Å². The Morgan fingerprint density at radius 3 is 2.58 bits per heavy atom. The quantitative estimate of drug-likeness (QED) is 0.912. The Morgan fingerprint density at radius 2 is 2.00 bits per heavy atom. The van der Waals surface area contributed by atoms with E-state index in [9.17, 15) is 4.79 Å². The van der Waals surface area contributed by atoms with Gasteiger partial charge in [-0.25, -0.2) is 0 Å². The van der Waals surface area contributed by atoms with Crippen LogP contribution in [0.4, 0.5) is 0 Å². The van der Waals surface area contributed by atoms with Gasteiger partial charge in [0.05, 0.1) is 18.2 Å². The van der Waals surface area contributed by atoms with E-state index >= 15 is 0 Å². The minimum Gasteiger partial charge on any atom is -0.467 e. The Bertz CT molecular complexity index is 565. The topological polar surface area (TPSA) is 42.2 Å². The fraction of sp³-hybridized carbons (Fsp3) is 0.312. The summed E-state index contributed by atoms with van der Waals surface area (Å²) in [5.74, 6) is 0.890. The van der Waals surface area contributed by atoms with Crippen LogP contribution in [0.15, 0.2) is 47.1 Å². The average molecular weight is 255 g/mol. The second-order valence-corrected chi connectivity index (χ2v) is 5.21. The van der Waals surface area contributed by atoms with Crippen LogP contribution in [0.3, 0.4) is 0 Å². The number of hydrogen-bond acceptors (Lipinski definition) is 2. The van der Waals surface area contributed by atoms with Crippen molar-refractivity contribution in [1.82, 2.24) is 5.32 Å². The van der Waals surface area contributed by atoms with E-state index in [0.29, 0.717) is 6.54 Å². The summed E-state index contributed by atoms with van der Waals surface area (Å²) in [7, 11) is 0. The lowest BCUT2D eigenvalue weighted by Crippen LogP contribution is -2.34. The average Bonchev–Trinajstić information content (AvgIpc) is 3.07. The minimum atomic E-state index is -0.305. The van der Waals surface area contributed by atoms with Crippen molar-refractivity contribution in [3.63, 3.8) is 0 Å². The van der Waals surface area contributed by atoms with Gasteiger partial charge in [-0.1, -0.05) is 29.8 Å². The molecule has 0 spiro atoms. The lowest BCUT2D eigenvalue weighted by molar-refractivity contribution is -0.123. The number of hydrogen-bond donors (Lipinski definition) is 1. The van der Waals surface area contributed by atoms with Crippen LogP contribution in [0, 0.1) is 6.92 Å². The summed E-state index contributed by atoms with van der Waals surface area (Å²) in [6, 6.07) is 12.0. The van der Waals surface area contributed by atoms with Crippen molar-refractivity contribution < 1.29 is 9.21 Å². The molecule has 1 aliphatic carbocycles. The van der Waals surface area contributed by atoms with Crippen molar-refractivity contribution >= 4 is 5.91 Å². The summed E-state index contributed by atoms with van der Waals surface area (Å²) in [6.45, 7) is 2.51. The van der Waals surface area contributed by atoms with Crippen LogP contribution < -0.4 is 5.32 Å². The van der Waals surface area contributed by atoms with Crippen LogP contribution >= 0.6 is 0 Å². The molecule has 19 heavy (non-hydrogen) atoms. The molecule has 1 fully saturated rings. The van der Waals surface area contributed by atoms with Crippen LogP contribution in [0.2, 0.25) is 0 Å². The third-order valence-corrected chi connectivity index (χ3v) is 3.79. The van der Waals surface area contributed by atoms with E-state index in [1.165, 1.54) is 5.56 Å². The van der Waals surface area contributed by atoms with Gasteiger partial charge in [0.1, 0.15) is 5.76 Å². The second-order valence-electron chi connectivity index (χ2n) is 5.21. The molecule has 0 bridgehead atoms. The number of benzene rings is 1. The normalized spacial score (nSPS) is 16.1. The summed E-state index contributed by atoms with van der Waals surface area (Å²) < 4.78 is 5.22. The molecule has 0 unspecified atom stereocenters. The molecule has 0 atom stereocenters. The molecule has 3 nitrogen and oxygen atoms in total. The lowest BCUT2D eigenvalue weighted by atomic mass is 9.94. The first-order valence-corrected chi connectivity index (χ1v) is 6.58. The number of amides is 1. The van der Waals surface area contributed by atoms with E-state index in [0.717, 1.165) is 24.2 Å². The molecule has 1 aromatic heterocycles. The van der Waals surface area contributed by atoms with Crippen molar-refractivity contribution in [2.24, 2.45) is 0 Å². The van der Waals surface area contributed by atoms with Gasteiger partial charge in [0.15, 0.2) is 0 Å². The first-order valence-electron chi connectivity index (χ1n) is 6.58. The zero-order valence-electron chi connectivity index (χ0n) is 11.0. The highest BCUT2D eigenvalue weighted by atomic mass is 16.3. The predicted molar refractivity (Wildman–Crippen MR) is 72.6 cm³/mol. The van der Waals surface area contributed by atoms with Gasteiger partial charge in [0, 0.05) is 0 Å². The Kier molecular flexibility index (Phi) is 2.90. The van der Waals surface area contributed by atoms with Crippen molar-refractivity contribution in [3.8, 4) is 0 Å². The van der Waals surface area contributed by atoms with Crippen molar-refractivity contribution in [3.05, 3.63) is 59.5 Å². The van der Waals surface area contributed by atoms with Gasteiger partial charge in [-0.05, 0) is 37.5 Å². The van der Waals surface area contributed by atoms with E-state index in [1.54, 1.807) is 6.26 Å². The van der Waals surface area contributed by atoms with Gasteiger partial charge in [0.2, 0.25) is 5.91 Å². The maximum Gasteiger partial charge on any atom is 0.231 e. The SMILES string of the molecule is Cc1ccc(C2(C(=O)NCc3ccco3)CC2)cc1. The molecule has 0 saturated heterocycles. The highest BCUT2D eigenvalue weighted by Crippen LogP contribution is 2.48. The van der Waals surface area contributed by atoms with E-state index in [-0.39, 0.29) is 11.3 Å². The largest absolute Gasteiger partial charge is 0.467 e. The first-order chi connectivity index (χ1) is 9.21. The van der Waals surface area contributed by atoms with Crippen LogP contribution in [-0.4, -0.2) is 5.91 Å². The van der Waals surface area contributed by atoms with Crippen molar-refractivity contribution in [2.45, 2.75) is 31.7 Å². The fourth-order valence-corrected chi connectivity index (χ4v) is 2.39. The van der Waals surface area contributed by atoms with Gasteiger partial charge in [0.25, 0.3) is 0 Å². The Labute approximate surface area is 112 Å². The number of rotatable bonds is 4. The summed E-state index contributed by atoms with van der Waals surface area (Å²) in [5.41, 5.74) is 2.03. The highest BCUT2D eigenvalue weighted by Gasteiger charge is 2.51. The third kappa shape index (κ3) is 2.28. The van der Waals surface area contributed by atoms with E-state index < -0.39 is 0 Å². The van der Waals surface area contributed by atoms with Gasteiger partial charge in [-0.2, -0.15) is 0 Å². The zero-order valence-corrected chi connectivity index (χ0v) is 11.0. The van der Waals surface area contributed by atoms with Crippen LogP contribution in [-0.2, 0) is 16.8 Å². The molecule has 1 N–H and O–H groups in total. The highest BCUT2D eigenvalue weighted by molar-refractivity contribution is 5.91. The van der Waals surface area contributed by atoms with Crippen LogP contribution in [0.5, 0.6) is 0 Å². The minimum absolute atomic E-state index is 0.104. The summed E-state index contributed by atoms with van der Waals surface area (Å²) >= 11 is 0. The van der Waals surface area contributed by atoms with Crippen molar-refractivity contribution in [2.75, 3.05) is 0 Å². The second kappa shape index (κ2) is 4.57. The Hall–Kier alpha value is -2.03. The van der Waals surface area contributed by atoms with E-state index in [2.05, 4.69) is 36.5 Å². The van der Waals surface area contributed by atoms with E-state index in [1.807, 2.05) is 12.1 Å². The summed E-state index contributed by atoms with van der Waals surface area (Å²) in [4.78, 5) is 12.4. The molecular weight excluding hydrogens is 238 g/mol. The van der Waals surface area contributed by atoms with Gasteiger partial charge < -0.3 is 9.73 Å². The maximum absolute atomic E-state index is 12.4. The number of carbonyl (C=O) groups is 1. The number of carbonyl (C=O) groups excluding carboxylic acids is 1. The molecule has 1 aromatic carbocycles. The molecule has 3 rings (SSSR count). The smallest absolute Gasteiger partial charge is 0.231 e. The molecular formula is C16H17NO2. The fourth-order valence-electron chi connectivity index (χ4n) is 2.39. The Morgan fingerprint density at radius 1 is 1.26 bits per heavy atom. The molecule has 1 saturated carbocycles. The molecule has 0 radical (unpaired) electrons. The van der Waals surface area contributed by atoms with E-state index in [4.69, 9.17) is 4.42 Å². The van der Waals surface area contributed by atoms with Gasteiger partial charge >= 0.3 is 0 Å². The molecule has 1 amide bonds. The van der Waals surface area contributed by atoms with Gasteiger partial charge in [-0.3, -0.25) is 4.79 Å². The van der Waals surface area contributed by atoms with Crippen molar-refractivity contribution in [1.29, 1.82) is 0 Å². The monoisotopic (exact) mass is 255 g/mol. The number of aryl methyl sites for hydroxylation is 1. The molecule has 2 aromatic rings. The maximum atomic E-state index is 12.4. The predicted octanol–water partition coefficient (Wildman–Crippen LogP) is 2.94.